The van der Waals surface area contributed by atoms with Crippen LogP contribution in [0, 0.1) is 21.7 Å². The highest BCUT2D eigenvalue weighted by atomic mass is 19.1. The van der Waals surface area contributed by atoms with Crippen molar-refractivity contribution in [2.45, 2.75) is 0 Å². The molecule has 0 fully saturated rings. The van der Waals surface area contributed by atoms with Gasteiger partial charge in [-0.3, -0.25) is 15.1 Å². The fraction of sp³-hybridized carbons (Fsp3) is 0. The van der Waals surface area contributed by atoms with Gasteiger partial charge in [-0.1, -0.05) is 0 Å². The number of hydrogen-bond acceptors (Lipinski definition) is 5. The number of nitro benzene ring substituents is 1. The van der Waals surface area contributed by atoms with E-state index in [1.807, 2.05) is 0 Å². The standard InChI is InChI=1S/C11H8F2N4O2/c12-5-1-8(13)11(16-4-5)7-2-6(17(18)19)3-9(14)10(7)15/h1-4H,14-15H2. The Morgan fingerprint density at radius 1 is 1.21 bits per heavy atom. The molecule has 4 N–H and O–H groups in total. The fourth-order valence-corrected chi connectivity index (χ4v) is 1.57. The van der Waals surface area contributed by atoms with Crippen molar-refractivity contribution in [1.82, 2.24) is 4.98 Å². The molecule has 2 aromatic rings. The number of benzene rings is 1. The summed E-state index contributed by atoms with van der Waals surface area (Å²) in [5.74, 6) is -1.84. The predicted octanol–water partition coefficient (Wildman–Crippen LogP) is 2.10. The molecule has 0 saturated heterocycles. The van der Waals surface area contributed by atoms with Gasteiger partial charge in [0, 0.05) is 23.8 Å². The zero-order chi connectivity index (χ0) is 14.2. The van der Waals surface area contributed by atoms with E-state index in [0.717, 1.165) is 18.3 Å². The molecule has 0 radical (unpaired) electrons. The van der Waals surface area contributed by atoms with Gasteiger partial charge >= 0.3 is 0 Å². The lowest BCUT2D eigenvalue weighted by molar-refractivity contribution is -0.384. The van der Waals surface area contributed by atoms with Gasteiger partial charge in [0.2, 0.25) is 0 Å². The van der Waals surface area contributed by atoms with Gasteiger partial charge in [0.15, 0.2) is 5.82 Å². The van der Waals surface area contributed by atoms with Crippen LogP contribution in [-0.4, -0.2) is 9.91 Å². The van der Waals surface area contributed by atoms with Crippen molar-refractivity contribution in [2.24, 2.45) is 0 Å². The Labute approximate surface area is 105 Å². The van der Waals surface area contributed by atoms with Crippen LogP contribution in [0.15, 0.2) is 24.4 Å². The van der Waals surface area contributed by atoms with E-state index in [1.165, 1.54) is 0 Å². The highest BCUT2D eigenvalue weighted by Crippen LogP contribution is 2.34. The monoisotopic (exact) mass is 266 g/mol. The van der Waals surface area contributed by atoms with E-state index >= 15 is 0 Å². The number of anilines is 2. The van der Waals surface area contributed by atoms with Crippen molar-refractivity contribution in [1.29, 1.82) is 0 Å². The molecule has 0 amide bonds. The number of nitro groups is 1. The molecule has 0 saturated carbocycles. The SMILES string of the molecule is Nc1cc([N+](=O)[O-])cc(-c2ncc(F)cc2F)c1N. The summed E-state index contributed by atoms with van der Waals surface area (Å²) in [7, 11) is 0. The molecule has 0 aliphatic rings. The minimum Gasteiger partial charge on any atom is -0.397 e. The molecule has 0 spiro atoms. The Morgan fingerprint density at radius 2 is 1.89 bits per heavy atom. The maximum Gasteiger partial charge on any atom is 0.272 e. The van der Waals surface area contributed by atoms with E-state index in [1.54, 1.807) is 0 Å². The molecule has 0 aliphatic carbocycles. The highest BCUT2D eigenvalue weighted by Gasteiger charge is 2.18. The van der Waals surface area contributed by atoms with Crippen molar-refractivity contribution in [3.8, 4) is 11.3 Å². The molecular formula is C11H8F2N4O2. The zero-order valence-electron chi connectivity index (χ0n) is 9.43. The lowest BCUT2D eigenvalue weighted by atomic mass is 10.1. The summed E-state index contributed by atoms with van der Waals surface area (Å²) in [6, 6.07) is 2.70. The van der Waals surface area contributed by atoms with Gasteiger partial charge in [0.25, 0.3) is 5.69 Å². The third-order valence-electron chi connectivity index (χ3n) is 2.47. The third-order valence-corrected chi connectivity index (χ3v) is 2.47. The van der Waals surface area contributed by atoms with Crippen LogP contribution in [0.5, 0.6) is 0 Å². The number of nitrogens with zero attached hydrogens (tertiary/aromatic N) is 2. The molecule has 1 aromatic carbocycles. The first-order valence-corrected chi connectivity index (χ1v) is 5.05. The first-order chi connectivity index (χ1) is 8.90. The molecular weight excluding hydrogens is 258 g/mol. The van der Waals surface area contributed by atoms with Gasteiger partial charge in [-0.2, -0.15) is 0 Å². The van der Waals surface area contributed by atoms with Crippen LogP contribution < -0.4 is 11.5 Å². The highest BCUT2D eigenvalue weighted by molar-refractivity contribution is 5.85. The summed E-state index contributed by atoms with van der Waals surface area (Å²) < 4.78 is 26.4. The second-order valence-corrected chi connectivity index (χ2v) is 3.74. The van der Waals surface area contributed by atoms with Crippen molar-refractivity contribution in [2.75, 3.05) is 11.5 Å². The smallest absolute Gasteiger partial charge is 0.272 e. The molecule has 6 nitrogen and oxygen atoms in total. The number of hydrogen-bond donors (Lipinski definition) is 2. The Hall–Kier alpha value is -2.77. The van der Waals surface area contributed by atoms with Gasteiger partial charge in [-0.25, -0.2) is 8.78 Å². The van der Waals surface area contributed by atoms with Gasteiger partial charge < -0.3 is 11.5 Å². The number of halogens is 2. The predicted molar refractivity (Wildman–Crippen MR) is 65.1 cm³/mol. The first-order valence-electron chi connectivity index (χ1n) is 5.05. The first kappa shape index (κ1) is 12.7. The average Bonchev–Trinajstić information content (AvgIpc) is 2.33. The number of aromatic nitrogens is 1. The minimum atomic E-state index is -0.980. The van der Waals surface area contributed by atoms with Crippen molar-refractivity contribution >= 4 is 17.1 Å². The minimum absolute atomic E-state index is 0.0517. The molecule has 0 aliphatic heterocycles. The van der Waals surface area contributed by atoms with E-state index in [0.29, 0.717) is 6.07 Å². The van der Waals surface area contributed by atoms with Crippen molar-refractivity contribution in [3.63, 3.8) is 0 Å². The maximum absolute atomic E-state index is 13.6. The lowest BCUT2D eigenvalue weighted by Gasteiger charge is -2.08. The van der Waals surface area contributed by atoms with Crippen LogP contribution in [0.4, 0.5) is 25.8 Å². The van der Waals surface area contributed by atoms with Crippen LogP contribution in [0.1, 0.15) is 0 Å². The largest absolute Gasteiger partial charge is 0.397 e. The molecule has 0 atom stereocenters. The third kappa shape index (κ3) is 2.28. The van der Waals surface area contributed by atoms with Gasteiger partial charge in [-0.15, -0.1) is 0 Å². The molecule has 1 aromatic heterocycles. The van der Waals surface area contributed by atoms with E-state index in [4.69, 9.17) is 11.5 Å². The summed E-state index contributed by atoms with van der Waals surface area (Å²) >= 11 is 0. The number of pyridine rings is 1. The van der Waals surface area contributed by atoms with E-state index in [2.05, 4.69) is 4.98 Å². The van der Waals surface area contributed by atoms with Gasteiger partial charge in [0.1, 0.15) is 11.5 Å². The van der Waals surface area contributed by atoms with Crippen molar-refractivity contribution < 1.29 is 13.7 Å². The average molecular weight is 266 g/mol. The van der Waals surface area contributed by atoms with E-state index < -0.39 is 16.6 Å². The van der Waals surface area contributed by atoms with Crippen LogP contribution >= 0.6 is 0 Å². The van der Waals surface area contributed by atoms with E-state index in [-0.39, 0.29) is 28.3 Å². The summed E-state index contributed by atoms with van der Waals surface area (Å²) in [6.45, 7) is 0. The maximum atomic E-state index is 13.6. The Morgan fingerprint density at radius 3 is 2.47 bits per heavy atom. The zero-order valence-corrected chi connectivity index (χ0v) is 9.43. The van der Waals surface area contributed by atoms with Crippen molar-refractivity contribution in [3.05, 3.63) is 46.1 Å². The van der Waals surface area contributed by atoms with Gasteiger partial charge in [-0.05, 0) is 0 Å². The topological polar surface area (TPSA) is 108 Å². The van der Waals surface area contributed by atoms with Crippen LogP contribution in [0.2, 0.25) is 0 Å². The lowest BCUT2D eigenvalue weighted by Crippen LogP contribution is -2.02. The van der Waals surface area contributed by atoms with Crippen LogP contribution in [0.25, 0.3) is 11.3 Å². The Bertz CT molecular complexity index is 676. The molecule has 0 bridgehead atoms. The molecule has 2 rings (SSSR count). The fourth-order valence-electron chi connectivity index (χ4n) is 1.57. The quantitative estimate of drug-likeness (QED) is 0.491. The number of nitrogens with two attached hydrogens (primary N) is 2. The number of nitrogen functional groups attached to an aromatic ring is 2. The van der Waals surface area contributed by atoms with E-state index in [9.17, 15) is 18.9 Å². The number of rotatable bonds is 2. The molecule has 8 heteroatoms. The molecule has 98 valence electrons. The summed E-state index contributed by atoms with van der Waals surface area (Å²) in [6.07, 6.45) is 0.785. The summed E-state index contributed by atoms with van der Waals surface area (Å²) in [5, 5.41) is 10.7. The molecule has 0 unspecified atom stereocenters. The summed E-state index contributed by atoms with van der Waals surface area (Å²) in [4.78, 5) is 13.6. The second-order valence-electron chi connectivity index (χ2n) is 3.74. The summed E-state index contributed by atoms with van der Waals surface area (Å²) in [5.41, 5.74) is 10.3. The molecule has 1 heterocycles. The Kier molecular flexibility index (Phi) is 2.99. The normalized spacial score (nSPS) is 10.4. The van der Waals surface area contributed by atoms with Gasteiger partial charge in [0.05, 0.1) is 22.5 Å². The van der Waals surface area contributed by atoms with Crippen LogP contribution in [0.3, 0.4) is 0 Å². The Balaban J connectivity index is 2.70. The second kappa shape index (κ2) is 4.48. The number of non-ortho nitro benzene ring substituents is 1. The molecule has 19 heavy (non-hydrogen) atoms. The van der Waals surface area contributed by atoms with Crippen LogP contribution in [-0.2, 0) is 0 Å².